The molecule has 1 aromatic carbocycles. The van der Waals surface area contributed by atoms with E-state index in [0.29, 0.717) is 13.1 Å². The molecule has 0 fully saturated rings. The Kier molecular flexibility index (Phi) is 3.98. The van der Waals surface area contributed by atoms with Gasteiger partial charge >= 0.3 is 0 Å². The van der Waals surface area contributed by atoms with Crippen LogP contribution in [0, 0.1) is 0 Å². The van der Waals surface area contributed by atoms with Crippen molar-refractivity contribution in [3.63, 3.8) is 0 Å². The normalized spacial score (nSPS) is 17.2. The molecule has 18 heavy (non-hydrogen) atoms. The van der Waals surface area contributed by atoms with Gasteiger partial charge in [0.15, 0.2) is 0 Å². The quantitative estimate of drug-likeness (QED) is 0.731. The van der Waals surface area contributed by atoms with Gasteiger partial charge in [0.1, 0.15) is 6.04 Å². The molecule has 1 aliphatic heterocycles. The Balaban J connectivity index is 2.02. The zero-order chi connectivity index (χ0) is 13.1. The maximum Gasteiger partial charge on any atom is 0.246 e. The van der Waals surface area contributed by atoms with E-state index in [1.807, 2.05) is 18.2 Å². The van der Waals surface area contributed by atoms with Gasteiger partial charge in [0.25, 0.3) is 0 Å². The molecule has 3 N–H and O–H groups in total. The van der Waals surface area contributed by atoms with Gasteiger partial charge < -0.3 is 16.0 Å². The standard InChI is InChI=1S/C12H14BrN3O2/c1-7(17)14-5-6-15-11-10-8(13)3-2-4-9(10)16-12(11)18/h2-4,11,15H,5-6H2,1H3,(H,14,17)(H,16,18). The van der Waals surface area contributed by atoms with Crippen LogP contribution in [0.25, 0.3) is 0 Å². The summed E-state index contributed by atoms with van der Waals surface area (Å²) in [6.45, 7) is 2.51. The molecule has 0 aromatic heterocycles. The number of anilines is 1. The van der Waals surface area contributed by atoms with Crippen LogP contribution in [-0.2, 0) is 9.59 Å². The van der Waals surface area contributed by atoms with Crippen molar-refractivity contribution in [3.8, 4) is 0 Å². The molecular formula is C12H14BrN3O2. The third-order valence-electron chi connectivity index (χ3n) is 2.71. The third kappa shape index (κ3) is 2.70. The number of benzene rings is 1. The average molecular weight is 312 g/mol. The smallest absolute Gasteiger partial charge is 0.246 e. The summed E-state index contributed by atoms with van der Waals surface area (Å²) in [6, 6.07) is 5.28. The predicted octanol–water partition coefficient (Wildman–Crippen LogP) is 1.17. The van der Waals surface area contributed by atoms with Gasteiger partial charge in [-0.05, 0) is 12.1 Å². The molecule has 0 aliphatic carbocycles. The van der Waals surface area contributed by atoms with Crippen molar-refractivity contribution in [1.29, 1.82) is 0 Å². The van der Waals surface area contributed by atoms with Crippen LogP contribution >= 0.6 is 15.9 Å². The first-order valence-corrected chi connectivity index (χ1v) is 6.46. The summed E-state index contributed by atoms with van der Waals surface area (Å²) < 4.78 is 0.898. The molecule has 1 unspecified atom stereocenters. The second-order valence-corrected chi connectivity index (χ2v) is 4.91. The topological polar surface area (TPSA) is 70.2 Å². The van der Waals surface area contributed by atoms with Gasteiger partial charge in [-0.3, -0.25) is 9.59 Å². The molecule has 0 saturated carbocycles. The lowest BCUT2D eigenvalue weighted by Gasteiger charge is -2.12. The number of hydrogen-bond acceptors (Lipinski definition) is 3. The van der Waals surface area contributed by atoms with Crippen molar-refractivity contribution in [1.82, 2.24) is 10.6 Å². The van der Waals surface area contributed by atoms with Gasteiger partial charge in [0.2, 0.25) is 11.8 Å². The lowest BCUT2D eigenvalue weighted by atomic mass is 10.1. The monoisotopic (exact) mass is 311 g/mol. The number of hydrogen-bond donors (Lipinski definition) is 3. The Morgan fingerprint density at radius 3 is 2.94 bits per heavy atom. The second kappa shape index (κ2) is 5.49. The number of carbonyl (C=O) groups is 2. The van der Waals surface area contributed by atoms with E-state index in [9.17, 15) is 9.59 Å². The summed E-state index contributed by atoms with van der Waals surface area (Å²) in [7, 11) is 0. The first-order valence-electron chi connectivity index (χ1n) is 5.66. The van der Waals surface area contributed by atoms with Crippen LogP contribution in [0.1, 0.15) is 18.5 Å². The van der Waals surface area contributed by atoms with E-state index < -0.39 is 0 Å². The lowest BCUT2D eigenvalue weighted by Crippen LogP contribution is -2.35. The van der Waals surface area contributed by atoms with Gasteiger partial charge in [-0.2, -0.15) is 0 Å². The molecule has 0 bridgehead atoms. The van der Waals surface area contributed by atoms with E-state index in [1.54, 1.807) is 0 Å². The highest BCUT2D eigenvalue weighted by Crippen LogP contribution is 2.36. The molecule has 1 aliphatic rings. The SMILES string of the molecule is CC(=O)NCCNC1C(=O)Nc2cccc(Br)c21. The number of fused-ring (bicyclic) bond motifs is 1. The van der Waals surface area contributed by atoms with Crippen molar-refractivity contribution in [3.05, 3.63) is 28.2 Å². The van der Waals surface area contributed by atoms with E-state index in [1.165, 1.54) is 6.92 Å². The average Bonchev–Trinajstić information content (AvgIpc) is 2.62. The largest absolute Gasteiger partial charge is 0.355 e. The number of rotatable bonds is 4. The first kappa shape index (κ1) is 13.0. The summed E-state index contributed by atoms with van der Waals surface area (Å²) in [6.07, 6.45) is 0. The zero-order valence-electron chi connectivity index (χ0n) is 9.92. The Bertz CT molecular complexity index is 490. The van der Waals surface area contributed by atoms with E-state index in [4.69, 9.17) is 0 Å². The van der Waals surface area contributed by atoms with Crippen molar-refractivity contribution in [2.45, 2.75) is 13.0 Å². The van der Waals surface area contributed by atoms with Crippen LogP contribution < -0.4 is 16.0 Å². The molecule has 96 valence electrons. The van der Waals surface area contributed by atoms with Crippen molar-refractivity contribution >= 4 is 33.4 Å². The fraction of sp³-hybridized carbons (Fsp3) is 0.333. The summed E-state index contributed by atoms with van der Waals surface area (Å²) in [4.78, 5) is 22.6. The summed E-state index contributed by atoms with van der Waals surface area (Å²) in [5.74, 6) is -0.144. The molecule has 1 aromatic rings. The van der Waals surface area contributed by atoms with Gasteiger partial charge in [0, 0.05) is 35.7 Å². The highest BCUT2D eigenvalue weighted by Gasteiger charge is 2.31. The summed E-state index contributed by atoms with van der Waals surface area (Å²) in [5.41, 5.74) is 1.75. The number of amides is 2. The fourth-order valence-electron chi connectivity index (χ4n) is 1.93. The molecule has 1 atom stereocenters. The van der Waals surface area contributed by atoms with Crippen molar-refractivity contribution < 1.29 is 9.59 Å². The van der Waals surface area contributed by atoms with E-state index in [-0.39, 0.29) is 17.9 Å². The van der Waals surface area contributed by atoms with Gasteiger partial charge in [-0.25, -0.2) is 0 Å². The second-order valence-electron chi connectivity index (χ2n) is 4.06. The van der Waals surface area contributed by atoms with Gasteiger partial charge in [0.05, 0.1) is 0 Å². The number of halogens is 1. The highest BCUT2D eigenvalue weighted by molar-refractivity contribution is 9.10. The molecule has 2 rings (SSSR count). The number of carbonyl (C=O) groups excluding carboxylic acids is 2. The Morgan fingerprint density at radius 1 is 1.44 bits per heavy atom. The first-order chi connectivity index (χ1) is 8.59. The van der Waals surface area contributed by atoms with Crippen LogP contribution in [0.4, 0.5) is 5.69 Å². The predicted molar refractivity (Wildman–Crippen MR) is 72.2 cm³/mol. The van der Waals surface area contributed by atoms with E-state index in [2.05, 4.69) is 31.9 Å². The minimum Gasteiger partial charge on any atom is -0.355 e. The van der Waals surface area contributed by atoms with Gasteiger partial charge in [-0.1, -0.05) is 22.0 Å². The molecule has 5 nitrogen and oxygen atoms in total. The van der Waals surface area contributed by atoms with Crippen LogP contribution in [0.2, 0.25) is 0 Å². The summed E-state index contributed by atoms with van der Waals surface area (Å²) in [5, 5.41) is 8.62. The summed E-state index contributed by atoms with van der Waals surface area (Å²) >= 11 is 3.45. The maximum atomic E-state index is 11.8. The Morgan fingerprint density at radius 2 is 2.22 bits per heavy atom. The molecule has 0 spiro atoms. The number of nitrogens with one attached hydrogen (secondary N) is 3. The molecule has 2 amide bonds. The van der Waals surface area contributed by atoms with Crippen molar-refractivity contribution in [2.24, 2.45) is 0 Å². The maximum absolute atomic E-state index is 11.8. The van der Waals surface area contributed by atoms with Crippen LogP contribution in [0.5, 0.6) is 0 Å². The highest BCUT2D eigenvalue weighted by atomic mass is 79.9. The fourth-order valence-corrected chi connectivity index (χ4v) is 2.52. The van der Waals surface area contributed by atoms with Crippen LogP contribution in [-0.4, -0.2) is 24.9 Å². The Labute approximate surface area is 113 Å². The lowest BCUT2D eigenvalue weighted by molar-refractivity contribution is -0.118. The Hall–Kier alpha value is -1.40. The van der Waals surface area contributed by atoms with E-state index >= 15 is 0 Å². The molecule has 6 heteroatoms. The molecule has 0 saturated heterocycles. The minimum absolute atomic E-state index is 0.0697. The van der Waals surface area contributed by atoms with Crippen molar-refractivity contribution in [2.75, 3.05) is 18.4 Å². The third-order valence-corrected chi connectivity index (χ3v) is 3.40. The van der Waals surface area contributed by atoms with Crippen LogP contribution in [0.3, 0.4) is 0 Å². The molecule has 1 heterocycles. The minimum atomic E-state index is -0.371. The zero-order valence-corrected chi connectivity index (χ0v) is 11.5. The van der Waals surface area contributed by atoms with E-state index in [0.717, 1.165) is 15.7 Å². The van der Waals surface area contributed by atoms with Crippen LogP contribution in [0.15, 0.2) is 22.7 Å². The molecule has 0 radical (unpaired) electrons. The van der Waals surface area contributed by atoms with Gasteiger partial charge in [-0.15, -0.1) is 0 Å². The molecular weight excluding hydrogens is 298 g/mol.